The average Bonchev–Trinajstić information content (AvgIpc) is 2.36. The van der Waals surface area contributed by atoms with Crippen molar-refractivity contribution < 1.29 is 9.59 Å². The molecule has 0 saturated heterocycles. The maximum absolute atomic E-state index is 11.8. The van der Waals surface area contributed by atoms with Gasteiger partial charge in [0.2, 0.25) is 11.8 Å². The van der Waals surface area contributed by atoms with Crippen molar-refractivity contribution in [3.8, 4) is 0 Å². The Balaban J connectivity index is 2.30. The zero-order valence-electron chi connectivity index (χ0n) is 12.2. The third-order valence-electron chi connectivity index (χ3n) is 3.27. The maximum atomic E-state index is 11.8. The summed E-state index contributed by atoms with van der Waals surface area (Å²) in [5.74, 6) is -0.244. The second kappa shape index (κ2) is 7.92. The zero-order valence-corrected chi connectivity index (χ0v) is 12.2. The second-order valence-electron chi connectivity index (χ2n) is 5.56. The highest BCUT2D eigenvalue weighted by molar-refractivity contribution is 6.00. The highest BCUT2D eigenvalue weighted by Gasteiger charge is 2.16. The lowest BCUT2D eigenvalue weighted by Gasteiger charge is -2.22. The first-order valence-electron chi connectivity index (χ1n) is 7.11. The van der Waals surface area contributed by atoms with Gasteiger partial charge in [0, 0.05) is 17.7 Å². The first kappa shape index (κ1) is 15.7. The van der Waals surface area contributed by atoms with E-state index in [0.29, 0.717) is 11.8 Å². The van der Waals surface area contributed by atoms with Crippen molar-refractivity contribution in [2.75, 3.05) is 0 Å². The molecule has 0 aromatic heterocycles. The predicted molar refractivity (Wildman–Crippen MR) is 75.7 cm³/mol. The quantitative estimate of drug-likeness (QED) is 0.590. The molecule has 2 N–H and O–H groups in total. The number of hydrazone groups is 1. The Morgan fingerprint density at radius 1 is 1.21 bits per heavy atom. The van der Waals surface area contributed by atoms with Crippen molar-refractivity contribution in [3.05, 3.63) is 0 Å². The van der Waals surface area contributed by atoms with E-state index in [1.165, 1.54) is 19.3 Å². The van der Waals surface area contributed by atoms with E-state index in [9.17, 15) is 9.59 Å². The van der Waals surface area contributed by atoms with E-state index >= 15 is 0 Å². The standard InChI is InChI=1S/C14H25N3O2/c1-10(2)14(19)17-16-11(3)9-13(18)15-12-7-5-4-6-8-12/h10,12H,4-9H2,1-3H3,(H,15,18)(H,17,19)/b16-11+. The lowest BCUT2D eigenvalue weighted by Crippen LogP contribution is -2.37. The van der Waals surface area contributed by atoms with Gasteiger partial charge in [-0.1, -0.05) is 33.1 Å². The van der Waals surface area contributed by atoms with E-state index in [4.69, 9.17) is 0 Å². The van der Waals surface area contributed by atoms with Gasteiger partial charge >= 0.3 is 0 Å². The molecule has 5 nitrogen and oxygen atoms in total. The lowest BCUT2D eigenvalue weighted by molar-refractivity contribution is -0.124. The largest absolute Gasteiger partial charge is 0.353 e. The Kier molecular flexibility index (Phi) is 6.53. The Labute approximate surface area is 115 Å². The molecular weight excluding hydrogens is 242 g/mol. The van der Waals surface area contributed by atoms with Gasteiger partial charge in [0.1, 0.15) is 0 Å². The Bertz CT molecular complexity index is 345. The molecule has 0 aromatic rings. The fraction of sp³-hybridized carbons (Fsp3) is 0.786. The van der Waals surface area contributed by atoms with E-state index in [0.717, 1.165) is 12.8 Å². The molecule has 1 aliphatic rings. The fourth-order valence-electron chi connectivity index (χ4n) is 2.08. The first-order chi connectivity index (χ1) is 8.99. The molecule has 0 bridgehead atoms. The molecule has 0 aromatic carbocycles. The highest BCUT2D eigenvalue weighted by Crippen LogP contribution is 2.17. The molecule has 0 radical (unpaired) electrons. The normalized spacial score (nSPS) is 17.4. The maximum Gasteiger partial charge on any atom is 0.242 e. The third kappa shape index (κ3) is 6.36. The van der Waals surface area contributed by atoms with Gasteiger partial charge in [-0.05, 0) is 19.8 Å². The van der Waals surface area contributed by atoms with Crippen LogP contribution in [0.1, 0.15) is 59.3 Å². The van der Waals surface area contributed by atoms with Crippen molar-refractivity contribution in [2.45, 2.75) is 65.3 Å². The Hall–Kier alpha value is -1.39. The van der Waals surface area contributed by atoms with Crippen LogP contribution in [-0.2, 0) is 9.59 Å². The minimum atomic E-state index is -0.132. The number of hydrogen-bond donors (Lipinski definition) is 2. The number of nitrogens with one attached hydrogen (secondary N) is 2. The SMILES string of the molecule is C/C(CC(=O)NC1CCCCC1)=N\NC(=O)C(C)C. The number of nitrogens with zero attached hydrogens (tertiary/aromatic N) is 1. The van der Waals surface area contributed by atoms with E-state index < -0.39 is 0 Å². The number of rotatable bonds is 5. The van der Waals surface area contributed by atoms with Gasteiger partial charge in [0.15, 0.2) is 0 Å². The summed E-state index contributed by atoms with van der Waals surface area (Å²) in [6.45, 7) is 5.35. The van der Waals surface area contributed by atoms with Crippen molar-refractivity contribution in [2.24, 2.45) is 11.0 Å². The number of carbonyl (C=O) groups excluding carboxylic acids is 2. The van der Waals surface area contributed by atoms with Crippen LogP contribution in [0.25, 0.3) is 0 Å². The molecule has 0 heterocycles. The van der Waals surface area contributed by atoms with Crippen molar-refractivity contribution in [1.82, 2.24) is 10.7 Å². The molecule has 19 heavy (non-hydrogen) atoms. The van der Waals surface area contributed by atoms with Crippen LogP contribution in [0.4, 0.5) is 0 Å². The lowest BCUT2D eigenvalue weighted by atomic mass is 9.95. The van der Waals surface area contributed by atoms with Crippen molar-refractivity contribution in [1.29, 1.82) is 0 Å². The molecule has 108 valence electrons. The molecule has 2 amide bonds. The molecule has 1 rings (SSSR count). The minimum absolute atomic E-state index is 0.00746. The first-order valence-corrected chi connectivity index (χ1v) is 7.11. The summed E-state index contributed by atoms with van der Waals surface area (Å²) < 4.78 is 0. The van der Waals surface area contributed by atoms with Crippen molar-refractivity contribution in [3.63, 3.8) is 0 Å². The van der Waals surface area contributed by atoms with Crippen LogP contribution in [0.2, 0.25) is 0 Å². The van der Waals surface area contributed by atoms with Gasteiger partial charge in [0.05, 0.1) is 6.42 Å². The smallest absolute Gasteiger partial charge is 0.242 e. The summed E-state index contributed by atoms with van der Waals surface area (Å²) in [4.78, 5) is 23.1. The van der Waals surface area contributed by atoms with Gasteiger partial charge in [-0.15, -0.1) is 0 Å². The summed E-state index contributed by atoms with van der Waals surface area (Å²) in [7, 11) is 0. The highest BCUT2D eigenvalue weighted by atomic mass is 16.2. The van der Waals surface area contributed by atoms with Gasteiger partial charge in [-0.2, -0.15) is 5.10 Å². The summed E-state index contributed by atoms with van der Waals surface area (Å²) in [5.41, 5.74) is 3.09. The molecule has 0 aliphatic heterocycles. The van der Waals surface area contributed by atoms with E-state index in [1.807, 2.05) is 0 Å². The van der Waals surface area contributed by atoms with Crippen LogP contribution >= 0.6 is 0 Å². The molecule has 5 heteroatoms. The van der Waals surface area contributed by atoms with E-state index in [-0.39, 0.29) is 24.2 Å². The topological polar surface area (TPSA) is 70.6 Å². The number of hydrogen-bond acceptors (Lipinski definition) is 3. The second-order valence-corrected chi connectivity index (χ2v) is 5.56. The predicted octanol–water partition coefficient (Wildman–Crippen LogP) is 1.97. The van der Waals surface area contributed by atoms with Gasteiger partial charge in [0.25, 0.3) is 0 Å². The average molecular weight is 267 g/mol. The molecule has 0 unspecified atom stereocenters. The summed E-state index contributed by atoms with van der Waals surface area (Å²) in [6, 6.07) is 0.319. The van der Waals surface area contributed by atoms with Crippen LogP contribution in [0.15, 0.2) is 5.10 Å². The van der Waals surface area contributed by atoms with Crippen LogP contribution in [-0.4, -0.2) is 23.6 Å². The molecular formula is C14H25N3O2. The minimum Gasteiger partial charge on any atom is -0.353 e. The Morgan fingerprint density at radius 3 is 2.42 bits per heavy atom. The monoisotopic (exact) mass is 267 g/mol. The molecule has 1 aliphatic carbocycles. The van der Waals surface area contributed by atoms with E-state index in [2.05, 4.69) is 15.8 Å². The summed E-state index contributed by atoms with van der Waals surface area (Å²) in [6.07, 6.45) is 6.06. The molecule has 0 spiro atoms. The van der Waals surface area contributed by atoms with Gasteiger partial charge in [-0.25, -0.2) is 5.43 Å². The van der Waals surface area contributed by atoms with Gasteiger partial charge in [-0.3, -0.25) is 9.59 Å². The van der Waals surface area contributed by atoms with Crippen LogP contribution in [0, 0.1) is 5.92 Å². The van der Waals surface area contributed by atoms with Crippen LogP contribution in [0.5, 0.6) is 0 Å². The summed E-state index contributed by atoms with van der Waals surface area (Å²) >= 11 is 0. The van der Waals surface area contributed by atoms with Crippen LogP contribution < -0.4 is 10.7 Å². The molecule has 0 atom stereocenters. The van der Waals surface area contributed by atoms with Crippen LogP contribution in [0.3, 0.4) is 0 Å². The van der Waals surface area contributed by atoms with E-state index in [1.54, 1.807) is 20.8 Å². The Morgan fingerprint density at radius 2 is 1.84 bits per heavy atom. The fourth-order valence-corrected chi connectivity index (χ4v) is 2.08. The number of amides is 2. The zero-order chi connectivity index (χ0) is 14.3. The third-order valence-corrected chi connectivity index (χ3v) is 3.27. The van der Waals surface area contributed by atoms with Gasteiger partial charge < -0.3 is 5.32 Å². The van der Waals surface area contributed by atoms with Crippen molar-refractivity contribution >= 4 is 17.5 Å². The summed E-state index contributed by atoms with van der Waals surface area (Å²) in [5, 5.41) is 6.96. The molecule has 1 saturated carbocycles. The number of carbonyl (C=O) groups is 2. The molecule has 1 fully saturated rings.